The number of benzene rings is 2. The maximum absolute atomic E-state index is 13.8. The number of nitrogens with zero attached hydrogens (tertiary/aromatic N) is 3. The number of anilines is 1. The molecule has 2 amide bonds. The first-order valence-corrected chi connectivity index (χ1v) is 9.76. The summed E-state index contributed by atoms with van der Waals surface area (Å²) in [6.45, 7) is 6.94. The zero-order valence-electron chi connectivity index (χ0n) is 16.9. The van der Waals surface area contributed by atoms with Crippen LogP contribution in [0.15, 0.2) is 48.2 Å². The normalized spacial score (nSPS) is 18.2. The predicted molar refractivity (Wildman–Crippen MR) is 111 cm³/mol. The van der Waals surface area contributed by atoms with Crippen LogP contribution in [-0.4, -0.2) is 54.8 Å². The first kappa shape index (κ1) is 19.3. The molecule has 0 aromatic heterocycles. The predicted octanol–water partition coefficient (Wildman–Crippen LogP) is 2.97. The third-order valence-electron chi connectivity index (χ3n) is 5.74. The van der Waals surface area contributed by atoms with E-state index in [4.69, 9.17) is 0 Å². The Morgan fingerprint density at radius 1 is 0.862 bits per heavy atom. The van der Waals surface area contributed by atoms with E-state index < -0.39 is 17.6 Å². The number of piperazine rings is 1. The van der Waals surface area contributed by atoms with Gasteiger partial charge >= 0.3 is 0 Å². The molecule has 5 nitrogen and oxygen atoms in total. The molecule has 0 bridgehead atoms. The van der Waals surface area contributed by atoms with Crippen LogP contribution < -0.4 is 4.90 Å². The van der Waals surface area contributed by atoms with Crippen LogP contribution in [0.2, 0.25) is 0 Å². The van der Waals surface area contributed by atoms with Crippen LogP contribution in [0.25, 0.3) is 5.57 Å². The van der Waals surface area contributed by atoms with E-state index in [0.717, 1.165) is 34.7 Å². The lowest BCUT2D eigenvalue weighted by atomic mass is 9.99. The number of carbonyl (C=O) groups excluding carboxylic acids is 2. The van der Waals surface area contributed by atoms with Crippen molar-refractivity contribution in [1.82, 2.24) is 9.80 Å². The van der Waals surface area contributed by atoms with Gasteiger partial charge in [-0.3, -0.25) is 9.59 Å². The van der Waals surface area contributed by atoms with Crippen molar-refractivity contribution < 1.29 is 14.0 Å². The fraction of sp³-hybridized carbons (Fsp3) is 0.304. The Balaban J connectivity index is 1.83. The summed E-state index contributed by atoms with van der Waals surface area (Å²) in [6.07, 6.45) is 0. The number of hydrogen-bond donors (Lipinski definition) is 0. The minimum Gasteiger partial charge on any atom is -0.364 e. The van der Waals surface area contributed by atoms with E-state index >= 15 is 0 Å². The van der Waals surface area contributed by atoms with Gasteiger partial charge in [0.15, 0.2) is 0 Å². The number of likely N-dealkylation sites (N-methyl/N-ethyl adjacent to an activating group) is 1. The van der Waals surface area contributed by atoms with Crippen LogP contribution >= 0.6 is 0 Å². The number of hydrogen-bond acceptors (Lipinski definition) is 4. The molecule has 2 aliphatic heterocycles. The lowest BCUT2D eigenvalue weighted by Crippen LogP contribution is -2.46. The largest absolute Gasteiger partial charge is 0.364 e. The molecule has 0 N–H and O–H groups in total. The topological polar surface area (TPSA) is 43.9 Å². The highest BCUT2D eigenvalue weighted by molar-refractivity contribution is 6.45. The number of rotatable bonds is 3. The minimum atomic E-state index is -0.483. The van der Waals surface area contributed by atoms with Crippen LogP contribution in [0, 0.1) is 19.7 Å². The van der Waals surface area contributed by atoms with Crippen molar-refractivity contribution in [3.05, 3.63) is 70.7 Å². The SMILES string of the molecule is Cc1ccc(C2=C(N3CCN(C)CC3)C(=O)N(c3cccc(F)c3)C2=O)cc1C. The molecule has 150 valence electrons. The number of imide groups is 1. The molecule has 2 aliphatic rings. The Morgan fingerprint density at radius 2 is 1.59 bits per heavy atom. The van der Waals surface area contributed by atoms with Crippen molar-refractivity contribution in [3.63, 3.8) is 0 Å². The summed E-state index contributed by atoms with van der Waals surface area (Å²) >= 11 is 0. The van der Waals surface area contributed by atoms with E-state index in [1.54, 1.807) is 6.07 Å². The molecule has 2 heterocycles. The van der Waals surface area contributed by atoms with Crippen LogP contribution in [0.4, 0.5) is 10.1 Å². The van der Waals surface area contributed by atoms with Gasteiger partial charge in [0.25, 0.3) is 11.8 Å². The maximum atomic E-state index is 13.8. The Hall–Kier alpha value is -2.99. The van der Waals surface area contributed by atoms with Crippen LogP contribution in [-0.2, 0) is 9.59 Å². The first-order valence-electron chi connectivity index (χ1n) is 9.76. The number of carbonyl (C=O) groups is 2. The van der Waals surface area contributed by atoms with Crippen molar-refractivity contribution in [2.24, 2.45) is 0 Å². The molecule has 0 unspecified atom stereocenters. The molecule has 0 saturated carbocycles. The molecule has 1 fully saturated rings. The quantitative estimate of drug-likeness (QED) is 0.752. The van der Waals surface area contributed by atoms with Gasteiger partial charge in [-0.15, -0.1) is 0 Å². The van der Waals surface area contributed by atoms with Crippen LogP contribution in [0.3, 0.4) is 0 Å². The smallest absolute Gasteiger partial charge is 0.282 e. The van der Waals surface area contributed by atoms with Gasteiger partial charge in [0.1, 0.15) is 11.5 Å². The molecule has 2 aromatic rings. The first-order chi connectivity index (χ1) is 13.9. The molecule has 6 heteroatoms. The van der Waals surface area contributed by atoms with E-state index in [0.29, 0.717) is 24.4 Å². The minimum absolute atomic E-state index is 0.255. The van der Waals surface area contributed by atoms with Crippen molar-refractivity contribution in [1.29, 1.82) is 0 Å². The molecular formula is C23H24FN3O2. The number of halogens is 1. The van der Waals surface area contributed by atoms with Gasteiger partial charge in [0, 0.05) is 26.2 Å². The van der Waals surface area contributed by atoms with Gasteiger partial charge in [0.2, 0.25) is 0 Å². The molecular weight excluding hydrogens is 369 g/mol. The molecule has 1 saturated heterocycles. The lowest BCUT2D eigenvalue weighted by Gasteiger charge is -2.34. The van der Waals surface area contributed by atoms with Crippen molar-refractivity contribution in [3.8, 4) is 0 Å². The summed E-state index contributed by atoms with van der Waals surface area (Å²) < 4.78 is 13.8. The highest BCUT2D eigenvalue weighted by atomic mass is 19.1. The summed E-state index contributed by atoms with van der Waals surface area (Å²) in [5.41, 5.74) is 3.96. The van der Waals surface area contributed by atoms with Gasteiger partial charge < -0.3 is 9.80 Å². The van der Waals surface area contributed by atoms with Crippen LogP contribution in [0.5, 0.6) is 0 Å². The monoisotopic (exact) mass is 393 g/mol. The number of amides is 2. The van der Waals surface area contributed by atoms with Gasteiger partial charge in [0.05, 0.1) is 11.3 Å². The molecule has 0 aliphatic carbocycles. The fourth-order valence-electron chi connectivity index (χ4n) is 3.85. The fourth-order valence-corrected chi connectivity index (χ4v) is 3.85. The Kier molecular flexibility index (Phi) is 4.96. The van der Waals surface area contributed by atoms with E-state index in [-0.39, 0.29) is 5.69 Å². The molecule has 2 aromatic carbocycles. The molecule has 0 atom stereocenters. The molecule has 29 heavy (non-hydrogen) atoms. The average molecular weight is 393 g/mol. The Morgan fingerprint density at radius 3 is 2.24 bits per heavy atom. The second-order valence-electron chi connectivity index (χ2n) is 7.74. The van der Waals surface area contributed by atoms with Crippen molar-refractivity contribution in [2.45, 2.75) is 13.8 Å². The lowest BCUT2D eigenvalue weighted by molar-refractivity contribution is -0.120. The van der Waals surface area contributed by atoms with Gasteiger partial charge in [-0.25, -0.2) is 9.29 Å². The summed E-state index contributed by atoms with van der Waals surface area (Å²) in [4.78, 5) is 32.1. The highest BCUT2D eigenvalue weighted by Crippen LogP contribution is 2.35. The third kappa shape index (κ3) is 3.44. The Labute approximate surface area is 170 Å². The zero-order chi connectivity index (χ0) is 20.7. The zero-order valence-corrected chi connectivity index (χ0v) is 16.9. The molecule has 0 radical (unpaired) electrons. The van der Waals surface area contributed by atoms with Gasteiger partial charge in [-0.2, -0.15) is 0 Å². The summed E-state index contributed by atoms with van der Waals surface area (Å²) in [7, 11) is 2.04. The molecule has 0 spiro atoms. The van der Waals surface area contributed by atoms with Crippen molar-refractivity contribution >= 4 is 23.1 Å². The second-order valence-corrected chi connectivity index (χ2v) is 7.74. The maximum Gasteiger partial charge on any atom is 0.282 e. The van der Waals surface area contributed by atoms with E-state index in [1.165, 1.54) is 18.2 Å². The highest BCUT2D eigenvalue weighted by Gasteiger charge is 2.43. The second kappa shape index (κ2) is 7.44. The van der Waals surface area contributed by atoms with Gasteiger partial charge in [-0.1, -0.05) is 24.3 Å². The molecule has 4 rings (SSSR count). The summed E-state index contributed by atoms with van der Waals surface area (Å²) in [5.74, 6) is -1.28. The van der Waals surface area contributed by atoms with E-state index in [9.17, 15) is 14.0 Å². The van der Waals surface area contributed by atoms with E-state index in [1.807, 2.05) is 44.0 Å². The Bertz CT molecular complexity index is 1020. The van der Waals surface area contributed by atoms with Crippen molar-refractivity contribution in [2.75, 3.05) is 38.1 Å². The third-order valence-corrected chi connectivity index (χ3v) is 5.74. The number of aryl methyl sites for hydroxylation is 2. The van der Waals surface area contributed by atoms with Crippen LogP contribution in [0.1, 0.15) is 16.7 Å². The summed E-state index contributed by atoms with van der Waals surface area (Å²) in [6, 6.07) is 11.4. The standard InChI is InChI=1S/C23H24FN3O2/c1-15-7-8-17(13-16(15)2)20-21(26-11-9-25(3)10-12-26)23(29)27(22(20)28)19-6-4-5-18(24)14-19/h4-8,13-14H,9-12H2,1-3H3. The summed E-state index contributed by atoms with van der Waals surface area (Å²) in [5, 5.41) is 0. The average Bonchev–Trinajstić information content (AvgIpc) is 2.95. The van der Waals surface area contributed by atoms with Gasteiger partial charge in [-0.05, 0) is 55.8 Å². The van der Waals surface area contributed by atoms with E-state index in [2.05, 4.69) is 4.90 Å².